The number of hydrogen-bond donors (Lipinski definition) is 0. The molecule has 0 aliphatic carbocycles. The van der Waals surface area contributed by atoms with Gasteiger partial charge < -0.3 is 23.8 Å². The molecule has 0 atom stereocenters. The summed E-state index contributed by atoms with van der Waals surface area (Å²) in [6.07, 6.45) is -0.189. The van der Waals surface area contributed by atoms with E-state index in [-0.39, 0.29) is 18.5 Å². The zero-order valence-corrected chi connectivity index (χ0v) is 17.5. The molecule has 0 saturated carbocycles. The number of nitrogens with zero attached hydrogens (tertiary/aromatic N) is 1. The molecule has 1 aliphatic heterocycles. The van der Waals surface area contributed by atoms with Crippen LogP contribution in [0.1, 0.15) is 18.1 Å². The second-order valence-corrected chi connectivity index (χ2v) is 6.76. The summed E-state index contributed by atoms with van der Waals surface area (Å²) in [4.78, 5) is 25.4. The molecule has 1 radical (unpaired) electrons. The van der Waals surface area contributed by atoms with Crippen LogP contribution in [0.3, 0.4) is 0 Å². The van der Waals surface area contributed by atoms with E-state index in [2.05, 4.69) is 0 Å². The van der Waals surface area contributed by atoms with Crippen molar-refractivity contribution in [1.29, 1.82) is 0 Å². The van der Waals surface area contributed by atoms with Gasteiger partial charge in [-0.2, -0.15) is 0 Å². The van der Waals surface area contributed by atoms with Crippen molar-refractivity contribution in [1.82, 2.24) is 4.90 Å². The fourth-order valence-electron chi connectivity index (χ4n) is 3.18. The van der Waals surface area contributed by atoms with E-state index in [9.17, 15) is 9.59 Å². The molecule has 2 aromatic rings. The lowest BCUT2D eigenvalue weighted by molar-refractivity contribution is -0.142. The average Bonchev–Trinajstić information content (AvgIpc) is 3.14. The van der Waals surface area contributed by atoms with Crippen molar-refractivity contribution in [2.45, 2.75) is 26.7 Å². The third-order valence-electron chi connectivity index (χ3n) is 4.73. The molecule has 0 bridgehead atoms. The first kappa shape index (κ1) is 21.6. The molecule has 1 amide bonds. The maximum atomic E-state index is 11.9. The van der Waals surface area contributed by atoms with Crippen molar-refractivity contribution < 1.29 is 28.5 Å². The summed E-state index contributed by atoms with van der Waals surface area (Å²) in [5.41, 5.74) is 2.63. The van der Waals surface area contributed by atoms with Crippen LogP contribution in [0.4, 0.5) is 4.79 Å². The van der Waals surface area contributed by atoms with Gasteiger partial charge in [0, 0.05) is 5.56 Å². The highest BCUT2D eigenvalue weighted by Crippen LogP contribution is 2.34. The normalized spacial score (nSPS) is 13.0. The van der Waals surface area contributed by atoms with Crippen LogP contribution in [0.15, 0.2) is 36.4 Å². The van der Waals surface area contributed by atoms with Crippen molar-refractivity contribution in [3.8, 4) is 17.2 Å². The zero-order valence-electron chi connectivity index (χ0n) is 17.5. The molecule has 157 valence electrons. The number of cyclic esters (lactones) is 1. The number of amides is 1. The molecule has 8 heteroatoms. The molecule has 3 rings (SSSR count). The van der Waals surface area contributed by atoms with Crippen LogP contribution in [0, 0.1) is 0 Å². The first-order valence-corrected chi connectivity index (χ1v) is 9.88. The van der Waals surface area contributed by atoms with Crippen LogP contribution < -0.4 is 14.9 Å². The summed E-state index contributed by atoms with van der Waals surface area (Å²) in [5.74, 6) is 1.33. The second-order valence-electron chi connectivity index (χ2n) is 6.76. The maximum Gasteiger partial charge on any atom is 0.410 e. The summed E-state index contributed by atoms with van der Waals surface area (Å²) in [7, 11) is 3.54. The first-order chi connectivity index (χ1) is 14.5. The molecule has 1 saturated heterocycles. The number of hydrogen-bond acceptors (Lipinski definition) is 6. The third kappa shape index (κ3) is 5.26. The van der Waals surface area contributed by atoms with Crippen molar-refractivity contribution in [2.24, 2.45) is 0 Å². The molecule has 0 spiro atoms. The number of ether oxygens (including phenoxy) is 4. The van der Waals surface area contributed by atoms with Gasteiger partial charge in [0.25, 0.3) is 0 Å². The summed E-state index contributed by atoms with van der Waals surface area (Å²) in [6.45, 7) is 5.36. The number of carbonyl (C=O) groups is 2. The van der Waals surface area contributed by atoms with Gasteiger partial charge in [0.05, 0.1) is 33.2 Å². The van der Waals surface area contributed by atoms with Crippen LogP contribution >= 0.6 is 0 Å². The van der Waals surface area contributed by atoms with Crippen LogP contribution in [-0.2, 0) is 27.2 Å². The second kappa shape index (κ2) is 10.0. The fourth-order valence-corrected chi connectivity index (χ4v) is 3.18. The van der Waals surface area contributed by atoms with Crippen molar-refractivity contribution in [3.63, 3.8) is 0 Å². The van der Waals surface area contributed by atoms with E-state index in [0.717, 1.165) is 16.6 Å². The Bertz CT molecular complexity index is 916. The predicted octanol–water partition coefficient (Wildman–Crippen LogP) is 2.92. The van der Waals surface area contributed by atoms with Gasteiger partial charge in [-0.05, 0) is 30.7 Å². The average molecular weight is 410 g/mol. The molecular formula is C22H25BNO6. The van der Waals surface area contributed by atoms with Crippen LogP contribution in [0.5, 0.6) is 17.2 Å². The molecule has 30 heavy (non-hydrogen) atoms. The van der Waals surface area contributed by atoms with Crippen LogP contribution in [-0.4, -0.2) is 51.1 Å². The summed E-state index contributed by atoms with van der Waals surface area (Å²) < 4.78 is 21.7. The highest BCUT2D eigenvalue weighted by atomic mass is 16.6. The smallest absolute Gasteiger partial charge is 0.410 e. The number of esters is 1. The lowest BCUT2D eigenvalue weighted by atomic mass is 9.73. The molecule has 7 nitrogen and oxygen atoms in total. The number of rotatable bonds is 9. The highest BCUT2D eigenvalue weighted by Gasteiger charge is 2.23. The third-order valence-corrected chi connectivity index (χ3v) is 4.73. The Labute approximate surface area is 177 Å². The van der Waals surface area contributed by atoms with Gasteiger partial charge in [0.1, 0.15) is 19.6 Å². The highest BCUT2D eigenvalue weighted by molar-refractivity contribution is 6.51. The molecule has 1 heterocycles. The van der Waals surface area contributed by atoms with Crippen molar-refractivity contribution >= 4 is 24.8 Å². The van der Waals surface area contributed by atoms with Gasteiger partial charge in [-0.3, -0.25) is 4.79 Å². The van der Waals surface area contributed by atoms with Gasteiger partial charge in [-0.1, -0.05) is 30.5 Å². The number of methoxy groups -OCH3 is 1. The quantitative estimate of drug-likeness (QED) is 0.468. The molecule has 0 aromatic heterocycles. The van der Waals surface area contributed by atoms with E-state index >= 15 is 0 Å². The van der Waals surface area contributed by atoms with E-state index in [1.54, 1.807) is 37.1 Å². The van der Waals surface area contributed by atoms with E-state index in [1.807, 2.05) is 32.3 Å². The van der Waals surface area contributed by atoms with Gasteiger partial charge in [0.15, 0.2) is 11.5 Å². The van der Waals surface area contributed by atoms with Gasteiger partial charge in [-0.25, -0.2) is 4.79 Å². The van der Waals surface area contributed by atoms with E-state index in [4.69, 9.17) is 18.9 Å². The largest absolute Gasteiger partial charge is 0.493 e. The van der Waals surface area contributed by atoms with E-state index < -0.39 is 0 Å². The molecular weight excluding hydrogens is 385 g/mol. The van der Waals surface area contributed by atoms with Crippen molar-refractivity contribution in [3.05, 3.63) is 47.5 Å². The SMILES string of the molecule is C[B]c1ccc(Oc2cc(CC(=O)OCC)ccc2OC)c(CN2CCOC2=O)c1. The minimum Gasteiger partial charge on any atom is -0.493 e. The lowest BCUT2D eigenvalue weighted by Crippen LogP contribution is -2.25. The molecule has 0 unspecified atom stereocenters. The standard InChI is InChI=1S/C22H25BNO6/c1-4-28-21(25)12-15-5-7-19(27-3)20(11-15)30-18-8-6-17(23-2)13-16(18)14-24-9-10-29-22(24)26/h5-8,11,13H,4,9-10,12,14H2,1-3H3. The summed E-state index contributed by atoms with van der Waals surface area (Å²) in [6, 6.07) is 11.1. The van der Waals surface area contributed by atoms with E-state index in [0.29, 0.717) is 43.6 Å². The van der Waals surface area contributed by atoms with Gasteiger partial charge in [-0.15, -0.1) is 0 Å². The molecule has 1 fully saturated rings. The Morgan fingerprint density at radius 3 is 2.63 bits per heavy atom. The Balaban J connectivity index is 1.88. The maximum absolute atomic E-state index is 11.9. The predicted molar refractivity (Wildman–Crippen MR) is 113 cm³/mol. The minimum atomic E-state index is -0.333. The summed E-state index contributed by atoms with van der Waals surface area (Å²) >= 11 is 0. The molecule has 2 aromatic carbocycles. The van der Waals surface area contributed by atoms with Gasteiger partial charge in [0.2, 0.25) is 0 Å². The number of carbonyl (C=O) groups excluding carboxylic acids is 2. The summed E-state index contributed by atoms with van der Waals surface area (Å²) in [5, 5.41) is 0. The Morgan fingerprint density at radius 2 is 1.97 bits per heavy atom. The fraction of sp³-hybridized carbons (Fsp3) is 0.364. The Kier molecular flexibility index (Phi) is 7.22. The van der Waals surface area contributed by atoms with Crippen molar-refractivity contribution in [2.75, 3.05) is 26.9 Å². The van der Waals surface area contributed by atoms with E-state index in [1.165, 1.54) is 0 Å². The van der Waals surface area contributed by atoms with Crippen LogP contribution in [0.25, 0.3) is 0 Å². The van der Waals surface area contributed by atoms with Gasteiger partial charge >= 0.3 is 12.1 Å². The first-order valence-electron chi connectivity index (χ1n) is 9.88. The van der Waals surface area contributed by atoms with Crippen LogP contribution in [0.2, 0.25) is 6.82 Å². The Hall–Kier alpha value is -3.16. The monoisotopic (exact) mass is 410 g/mol. The Morgan fingerprint density at radius 1 is 1.17 bits per heavy atom. The zero-order chi connectivity index (χ0) is 21.5. The molecule has 1 aliphatic rings. The lowest BCUT2D eigenvalue weighted by Gasteiger charge is -2.18. The topological polar surface area (TPSA) is 74.3 Å². The minimum absolute atomic E-state index is 0.143. The molecule has 0 N–H and O–H groups in total. The number of benzene rings is 2.